The lowest BCUT2D eigenvalue weighted by Crippen LogP contribution is -2.14. The zero-order chi connectivity index (χ0) is 27.6. The third kappa shape index (κ3) is 3.72. The molecule has 0 atom stereocenters. The van der Waals surface area contributed by atoms with Crippen LogP contribution in [0.5, 0.6) is 0 Å². The average molecular weight is 527 g/mol. The van der Waals surface area contributed by atoms with Gasteiger partial charge in [0.25, 0.3) is 0 Å². The van der Waals surface area contributed by atoms with Gasteiger partial charge in [-0.2, -0.15) is 0 Å². The van der Waals surface area contributed by atoms with Crippen LogP contribution in [-0.2, 0) is 5.41 Å². The van der Waals surface area contributed by atoms with Crippen molar-refractivity contribution in [2.75, 3.05) is 5.32 Å². The molecule has 1 heterocycles. The fraction of sp³-hybridized carbons (Fsp3) is 0.0769. The van der Waals surface area contributed by atoms with Gasteiger partial charge >= 0.3 is 0 Å². The first kappa shape index (κ1) is 23.8. The van der Waals surface area contributed by atoms with E-state index in [4.69, 9.17) is 0 Å². The second-order valence-electron chi connectivity index (χ2n) is 11.6. The molecule has 41 heavy (non-hydrogen) atoms. The Bertz CT molecular complexity index is 2070. The Morgan fingerprint density at radius 1 is 0.488 bits per heavy atom. The molecule has 2 nitrogen and oxygen atoms in total. The van der Waals surface area contributed by atoms with Crippen LogP contribution in [0.4, 0.5) is 11.4 Å². The molecule has 196 valence electrons. The zero-order valence-corrected chi connectivity index (χ0v) is 23.2. The lowest BCUT2D eigenvalue weighted by Gasteiger charge is -2.21. The van der Waals surface area contributed by atoms with Crippen LogP contribution in [0.2, 0.25) is 0 Å². The summed E-state index contributed by atoms with van der Waals surface area (Å²) >= 11 is 0. The standard InChI is InChI=1S/C39H30N2/c1-39(2)35-16-10-9-15-31(35)32-24-34-33-23-29(40-28-19-17-27(18-20-28)26-11-5-3-6-12-26)21-22-37(33)41(38(34)25-36(32)39)30-13-7-4-8-14-30/h3-25,40H,1-2H3. The highest BCUT2D eigenvalue weighted by Crippen LogP contribution is 2.51. The van der Waals surface area contributed by atoms with E-state index in [0.717, 1.165) is 11.4 Å². The monoisotopic (exact) mass is 526 g/mol. The molecular weight excluding hydrogens is 496 g/mol. The van der Waals surface area contributed by atoms with Crippen molar-refractivity contribution in [3.8, 4) is 27.9 Å². The van der Waals surface area contributed by atoms with Gasteiger partial charge in [-0.15, -0.1) is 0 Å². The number of hydrogen-bond acceptors (Lipinski definition) is 1. The van der Waals surface area contributed by atoms with Crippen molar-refractivity contribution in [3.63, 3.8) is 0 Å². The van der Waals surface area contributed by atoms with Gasteiger partial charge in [-0.1, -0.05) is 98.8 Å². The number of nitrogens with one attached hydrogen (secondary N) is 1. The maximum Gasteiger partial charge on any atom is 0.0544 e. The molecular formula is C39H30N2. The van der Waals surface area contributed by atoms with Crippen LogP contribution in [-0.4, -0.2) is 4.57 Å². The van der Waals surface area contributed by atoms with Gasteiger partial charge in [-0.25, -0.2) is 0 Å². The summed E-state index contributed by atoms with van der Waals surface area (Å²) in [6.45, 7) is 4.70. The minimum atomic E-state index is -0.0449. The number of aromatic nitrogens is 1. The lowest BCUT2D eigenvalue weighted by molar-refractivity contribution is 0.661. The van der Waals surface area contributed by atoms with Crippen molar-refractivity contribution >= 4 is 33.2 Å². The number of benzene rings is 6. The van der Waals surface area contributed by atoms with Gasteiger partial charge in [0.2, 0.25) is 0 Å². The average Bonchev–Trinajstić information content (AvgIpc) is 3.45. The summed E-state index contributed by atoms with van der Waals surface area (Å²) in [5.41, 5.74) is 13.7. The molecule has 8 rings (SSSR count). The second kappa shape index (κ2) is 8.97. The van der Waals surface area contributed by atoms with Crippen LogP contribution < -0.4 is 5.32 Å². The molecule has 2 heteroatoms. The number of nitrogens with zero attached hydrogens (tertiary/aromatic N) is 1. The first-order valence-corrected chi connectivity index (χ1v) is 14.3. The van der Waals surface area contributed by atoms with Crippen molar-refractivity contribution in [2.24, 2.45) is 0 Å². The third-order valence-corrected chi connectivity index (χ3v) is 8.76. The predicted octanol–water partition coefficient (Wildman–Crippen LogP) is 10.5. The van der Waals surface area contributed by atoms with E-state index in [0.29, 0.717) is 0 Å². The fourth-order valence-corrected chi connectivity index (χ4v) is 6.69. The van der Waals surface area contributed by atoms with E-state index in [-0.39, 0.29) is 5.41 Å². The predicted molar refractivity (Wildman–Crippen MR) is 174 cm³/mol. The van der Waals surface area contributed by atoms with Crippen molar-refractivity contribution in [3.05, 3.63) is 151 Å². The van der Waals surface area contributed by atoms with Gasteiger partial charge < -0.3 is 9.88 Å². The van der Waals surface area contributed by atoms with E-state index in [1.807, 2.05) is 0 Å². The molecule has 1 aliphatic rings. The van der Waals surface area contributed by atoms with Crippen molar-refractivity contribution in [1.82, 2.24) is 4.57 Å². The Morgan fingerprint density at radius 3 is 1.90 bits per heavy atom. The van der Waals surface area contributed by atoms with E-state index in [9.17, 15) is 0 Å². The number of rotatable bonds is 4. The molecule has 0 fully saturated rings. The summed E-state index contributed by atoms with van der Waals surface area (Å²) < 4.78 is 2.42. The van der Waals surface area contributed by atoms with Gasteiger partial charge in [0, 0.05) is 33.2 Å². The summed E-state index contributed by atoms with van der Waals surface area (Å²) in [5, 5.41) is 6.19. The Kier molecular flexibility index (Phi) is 5.20. The van der Waals surface area contributed by atoms with Crippen LogP contribution in [0.1, 0.15) is 25.0 Å². The molecule has 1 aliphatic carbocycles. The minimum absolute atomic E-state index is 0.0449. The molecule has 0 unspecified atom stereocenters. The van der Waals surface area contributed by atoms with Crippen molar-refractivity contribution in [2.45, 2.75) is 19.3 Å². The Labute approximate surface area is 240 Å². The molecule has 1 aromatic heterocycles. The summed E-state index contributed by atoms with van der Waals surface area (Å²) in [6.07, 6.45) is 0. The third-order valence-electron chi connectivity index (χ3n) is 8.76. The molecule has 0 saturated carbocycles. The largest absolute Gasteiger partial charge is 0.356 e. The molecule has 0 aliphatic heterocycles. The van der Waals surface area contributed by atoms with E-state index in [1.165, 1.54) is 60.9 Å². The molecule has 0 saturated heterocycles. The highest BCUT2D eigenvalue weighted by Gasteiger charge is 2.36. The zero-order valence-electron chi connectivity index (χ0n) is 23.2. The van der Waals surface area contributed by atoms with Gasteiger partial charge in [-0.3, -0.25) is 0 Å². The molecule has 1 N–H and O–H groups in total. The molecule has 7 aromatic rings. The smallest absolute Gasteiger partial charge is 0.0544 e. The maximum absolute atomic E-state index is 3.66. The maximum atomic E-state index is 3.66. The van der Waals surface area contributed by atoms with Crippen LogP contribution in [0.15, 0.2) is 140 Å². The summed E-state index contributed by atoms with van der Waals surface area (Å²) in [5.74, 6) is 0. The van der Waals surface area contributed by atoms with E-state index >= 15 is 0 Å². The first-order chi connectivity index (χ1) is 20.1. The quantitative estimate of drug-likeness (QED) is 0.241. The normalized spacial score (nSPS) is 13.3. The number of anilines is 2. The van der Waals surface area contributed by atoms with Gasteiger partial charge in [0.1, 0.15) is 0 Å². The molecule has 6 aromatic carbocycles. The van der Waals surface area contributed by atoms with Crippen molar-refractivity contribution in [1.29, 1.82) is 0 Å². The van der Waals surface area contributed by atoms with Gasteiger partial charge in [0.05, 0.1) is 11.0 Å². The molecule has 0 radical (unpaired) electrons. The lowest BCUT2D eigenvalue weighted by atomic mass is 9.82. The Balaban J connectivity index is 1.29. The minimum Gasteiger partial charge on any atom is -0.356 e. The summed E-state index contributed by atoms with van der Waals surface area (Å²) in [6, 6.07) is 50.4. The molecule has 0 spiro atoms. The fourth-order valence-electron chi connectivity index (χ4n) is 6.69. The number of fused-ring (bicyclic) bond motifs is 6. The summed E-state index contributed by atoms with van der Waals surface area (Å²) in [4.78, 5) is 0. The Hall–Kier alpha value is -5.08. The van der Waals surface area contributed by atoms with E-state index in [2.05, 4.69) is 163 Å². The highest BCUT2D eigenvalue weighted by atomic mass is 15.0. The van der Waals surface area contributed by atoms with Crippen LogP contribution in [0.3, 0.4) is 0 Å². The van der Waals surface area contributed by atoms with Crippen LogP contribution in [0, 0.1) is 0 Å². The SMILES string of the molecule is CC1(C)c2ccccc2-c2cc3c4cc(Nc5ccc(-c6ccccc6)cc5)ccc4n(-c4ccccc4)c3cc21. The first-order valence-electron chi connectivity index (χ1n) is 14.3. The summed E-state index contributed by atoms with van der Waals surface area (Å²) in [7, 11) is 0. The van der Waals surface area contributed by atoms with Gasteiger partial charge in [0.15, 0.2) is 0 Å². The second-order valence-corrected chi connectivity index (χ2v) is 11.6. The van der Waals surface area contributed by atoms with Crippen molar-refractivity contribution < 1.29 is 0 Å². The molecule has 0 amide bonds. The van der Waals surface area contributed by atoms with Crippen LogP contribution >= 0.6 is 0 Å². The number of para-hydroxylation sites is 1. The van der Waals surface area contributed by atoms with Crippen LogP contribution in [0.25, 0.3) is 49.7 Å². The van der Waals surface area contributed by atoms with E-state index in [1.54, 1.807) is 0 Å². The van der Waals surface area contributed by atoms with E-state index < -0.39 is 0 Å². The van der Waals surface area contributed by atoms with Gasteiger partial charge in [-0.05, 0) is 88.0 Å². The number of hydrogen-bond donors (Lipinski definition) is 1. The Morgan fingerprint density at radius 2 is 1.12 bits per heavy atom. The highest BCUT2D eigenvalue weighted by molar-refractivity contribution is 6.12. The topological polar surface area (TPSA) is 17.0 Å². The molecule has 0 bridgehead atoms.